The lowest BCUT2D eigenvalue weighted by Gasteiger charge is -2.44. The summed E-state index contributed by atoms with van der Waals surface area (Å²) in [6.07, 6.45) is 2.17. The van der Waals surface area contributed by atoms with Gasteiger partial charge in [0.2, 0.25) is 0 Å². The van der Waals surface area contributed by atoms with Gasteiger partial charge in [-0.1, -0.05) is 72.7 Å². The second-order valence-corrected chi connectivity index (χ2v) is 14.6. The van der Waals surface area contributed by atoms with E-state index in [0.717, 1.165) is 22.3 Å². The molecular weight excluding hydrogens is 520 g/mol. The number of benzene rings is 2. The fourth-order valence-corrected chi connectivity index (χ4v) is 5.93. The minimum atomic E-state index is -0.847. The summed E-state index contributed by atoms with van der Waals surface area (Å²) < 4.78 is 5.87. The van der Waals surface area contributed by atoms with Gasteiger partial charge in [0.05, 0.1) is 32.8 Å². The average Bonchev–Trinajstić information content (AvgIpc) is 2.91. The van der Waals surface area contributed by atoms with Gasteiger partial charge in [-0.3, -0.25) is 4.79 Å². The van der Waals surface area contributed by atoms with Crippen LogP contribution in [-0.2, 0) is 25.8 Å². The number of aliphatic hydroxyl groups is 3. The first kappa shape index (κ1) is 32.9. The lowest BCUT2D eigenvalue weighted by Crippen LogP contribution is -2.43. The van der Waals surface area contributed by atoms with Crippen LogP contribution in [0.1, 0.15) is 103 Å². The van der Waals surface area contributed by atoms with Gasteiger partial charge in [0.25, 0.3) is 0 Å². The number of aliphatic hydroxyl groups excluding tert-OH is 3. The molecule has 2 aromatic rings. The van der Waals surface area contributed by atoms with E-state index in [1.807, 2.05) is 72.7 Å². The number of phenols is 2. The molecule has 1 fully saturated rings. The Kier molecular flexibility index (Phi) is 9.58. The van der Waals surface area contributed by atoms with Crippen molar-refractivity contribution in [1.29, 1.82) is 0 Å². The van der Waals surface area contributed by atoms with E-state index in [-0.39, 0.29) is 55.2 Å². The van der Waals surface area contributed by atoms with E-state index in [1.165, 1.54) is 0 Å². The maximum atomic E-state index is 13.6. The van der Waals surface area contributed by atoms with Gasteiger partial charge in [-0.2, -0.15) is 0 Å². The molecule has 228 valence electrons. The third kappa shape index (κ3) is 7.07. The normalized spacial score (nSPS) is 17.3. The Bertz CT molecular complexity index is 1140. The smallest absolute Gasteiger partial charge is 0.307 e. The van der Waals surface area contributed by atoms with Crippen molar-refractivity contribution in [3.05, 3.63) is 58.7 Å². The number of carbonyl (C=O) groups is 1. The number of hydrogen-bond donors (Lipinski definition) is 5. The summed E-state index contributed by atoms with van der Waals surface area (Å²) >= 11 is 0. The molecule has 1 aliphatic rings. The number of ether oxygens (including phenoxy) is 1. The van der Waals surface area contributed by atoms with Gasteiger partial charge in [0.15, 0.2) is 0 Å². The minimum Gasteiger partial charge on any atom is -0.508 e. The van der Waals surface area contributed by atoms with E-state index in [2.05, 4.69) is 0 Å². The van der Waals surface area contributed by atoms with Crippen LogP contribution in [0.15, 0.2) is 36.4 Å². The summed E-state index contributed by atoms with van der Waals surface area (Å²) in [6.45, 7) is 13.8. The Labute approximate surface area is 245 Å². The van der Waals surface area contributed by atoms with Crippen LogP contribution in [0, 0.1) is 10.8 Å². The largest absolute Gasteiger partial charge is 0.508 e. The molecule has 0 aliphatic heterocycles. The van der Waals surface area contributed by atoms with Crippen molar-refractivity contribution in [1.82, 2.24) is 0 Å². The summed E-state index contributed by atoms with van der Waals surface area (Å²) in [5.74, 6) is -0.0372. The van der Waals surface area contributed by atoms with E-state index >= 15 is 0 Å². The Morgan fingerprint density at radius 1 is 0.707 bits per heavy atom. The number of aromatic hydroxyl groups is 2. The molecule has 3 rings (SSSR count). The van der Waals surface area contributed by atoms with E-state index in [4.69, 9.17) is 4.74 Å². The topological polar surface area (TPSA) is 127 Å². The summed E-state index contributed by atoms with van der Waals surface area (Å²) in [5.41, 5.74) is 0.523. The Balaban J connectivity index is 1.98. The maximum absolute atomic E-state index is 13.6. The molecule has 0 saturated heterocycles. The predicted molar refractivity (Wildman–Crippen MR) is 160 cm³/mol. The molecule has 0 atom stereocenters. The average molecular weight is 571 g/mol. The van der Waals surface area contributed by atoms with Gasteiger partial charge in [0.1, 0.15) is 11.5 Å². The lowest BCUT2D eigenvalue weighted by molar-refractivity contribution is -0.152. The lowest BCUT2D eigenvalue weighted by atomic mass is 9.64. The zero-order chi connectivity index (χ0) is 30.9. The second-order valence-electron chi connectivity index (χ2n) is 14.6. The van der Waals surface area contributed by atoms with Crippen LogP contribution in [0.5, 0.6) is 11.5 Å². The number of carbonyl (C=O) groups excluding carboxylic acids is 1. The molecule has 7 heteroatoms. The molecule has 0 spiro atoms. The highest BCUT2D eigenvalue weighted by molar-refractivity contribution is 5.73. The molecule has 1 saturated carbocycles. The molecule has 41 heavy (non-hydrogen) atoms. The summed E-state index contributed by atoms with van der Waals surface area (Å²) in [6, 6.07) is 10.9. The number of esters is 1. The standard InChI is InChI=1S/C34H50O7/c1-30(2,3)25-16-23(8-10-27(25)38)32(7,24-9-11-28(39)26(17-24)31(4,5)6)18-29(40)41-22-34(21-37)14-12-33(19-35,20-36)13-15-34/h8-11,16-17,35-39H,12-15,18-22H2,1-7H3. The summed E-state index contributed by atoms with van der Waals surface area (Å²) in [5, 5.41) is 51.1. The van der Waals surface area contributed by atoms with Crippen LogP contribution in [0.3, 0.4) is 0 Å². The zero-order valence-electron chi connectivity index (χ0n) is 25.9. The van der Waals surface area contributed by atoms with E-state index in [9.17, 15) is 30.3 Å². The van der Waals surface area contributed by atoms with Crippen LogP contribution in [0.2, 0.25) is 0 Å². The van der Waals surface area contributed by atoms with Crippen LogP contribution >= 0.6 is 0 Å². The maximum Gasteiger partial charge on any atom is 0.307 e. The Morgan fingerprint density at radius 2 is 1.10 bits per heavy atom. The Morgan fingerprint density at radius 3 is 1.46 bits per heavy atom. The molecule has 7 nitrogen and oxygen atoms in total. The van der Waals surface area contributed by atoms with Crippen molar-refractivity contribution < 1.29 is 35.1 Å². The van der Waals surface area contributed by atoms with Crippen molar-refractivity contribution in [3.8, 4) is 11.5 Å². The SMILES string of the molecule is CC(C)(C)c1cc(C(C)(CC(=O)OCC2(CO)CCC(CO)(CO)CC2)c2ccc(O)c(C(C)(C)C)c2)ccc1O. The highest BCUT2D eigenvalue weighted by Crippen LogP contribution is 2.46. The first-order valence-electron chi connectivity index (χ1n) is 14.6. The fourth-order valence-electron chi connectivity index (χ4n) is 5.93. The zero-order valence-corrected chi connectivity index (χ0v) is 25.9. The number of rotatable bonds is 9. The monoisotopic (exact) mass is 570 g/mol. The first-order chi connectivity index (χ1) is 18.9. The molecule has 5 N–H and O–H groups in total. The van der Waals surface area contributed by atoms with Crippen LogP contribution in [-0.4, -0.2) is 57.9 Å². The molecular formula is C34H50O7. The number of hydrogen-bond acceptors (Lipinski definition) is 7. The molecule has 0 bridgehead atoms. The molecule has 0 heterocycles. The van der Waals surface area contributed by atoms with Crippen molar-refractivity contribution in [2.45, 2.75) is 96.8 Å². The minimum absolute atomic E-state index is 0.00838. The molecule has 2 aromatic carbocycles. The van der Waals surface area contributed by atoms with Gasteiger partial charge < -0.3 is 30.3 Å². The highest BCUT2D eigenvalue weighted by atomic mass is 16.5. The fraction of sp³-hybridized carbons (Fsp3) is 0.618. The molecule has 1 aliphatic carbocycles. The second kappa shape index (κ2) is 11.9. The van der Waals surface area contributed by atoms with E-state index < -0.39 is 22.2 Å². The van der Waals surface area contributed by atoms with Crippen LogP contribution in [0.4, 0.5) is 0 Å². The van der Waals surface area contributed by atoms with Crippen molar-refractivity contribution in [2.24, 2.45) is 10.8 Å². The van der Waals surface area contributed by atoms with Gasteiger partial charge in [-0.15, -0.1) is 0 Å². The van der Waals surface area contributed by atoms with Crippen LogP contribution < -0.4 is 0 Å². The van der Waals surface area contributed by atoms with Gasteiger partial charge in [0, 0.05) is 16.2 Å². The summed E-state index contributed by atoms with van der Waals surface area (Å²) in [7, 11) is 0. The van der Waals surface area contributed by atoms with E-state index in [0.29, 0.717) is 25.7 Å². The third-order valence-corrected chi connectivity index (χ3v) is 9.30. The number of phenolic OH excluding ortho intramolecular Hbond substituents is 2. The van der Waals surface area contributed by atoms with E-state index in [1.54, 1.807) is 12.1 Å². The van der Waals surface area contributed by atoms with Crippen molar-refractivity contribution >= 4 is 5.97 Å². The molecule has 0 radical (unpaired) electrons. The quantitative estimate of drug-likeness (QED) is 0.254. The van der Waals surface area contributed by atoms with Crippen LogP contribution in [0.25, 0.3) is 0 Å². The van der Waals surface area contributed by atoms with Gasteiger partial charge in [-0.05, 0) is 70.9 Å². The molecule has 0 aromatic heterocycles. The Hall–Kier alpha value is -2.61. The first-order valence-corrected chi connectivity index (χ1v) is 14.6. The van der Waals surface area contributed by atoms with Gasteiger partial charge >= 0.3 is 5.97 Å². The van der Waals surface area contributed by atoms with Gasteiger partial charge in [-0.25, -0.2) is 0 Å². The highest BCUT2D eigenvalue weighted by Gasteiger charge is 2.43. The van der Waals surface area contributed by atoms with Crippen molar-refractivity contribution in [3.63, 3.8) is 0 Å². The molecule has 0 amide bonds. The molecule has 0 unspecified atom stereocenters. The summed E-state index contributed by atoms with van der Waals surface area (Å²) in [4.78, 5) is 13.6. The predicted octanol–water partition coefficient (Wildman–Crippen LogP) is 5.46. The third-order valence-electron chi connectivity index (χ3n) is 9.30. The van der Waals surface area contributed by atoms with Crippen molar-refractivity contribution in [2.75, 3.05) is 26.4 Å².